The highest BCUT2D eigenvalue weighted by Gasteiger charge is 2.06. The first-order valence-corrected chi connectivity index (χ1v) is 8.84. The number of hydrogen-bond donors (Lipinski definition) is 3. The summed E-state index contributed by atoms with van der Waals surface area (Å²) in [6.07, 6.45) is 1.13. The predicted molar refractivity (Wildman–Crippen MR) is 82.6 cm³/mol. The highest BCUT2D eigenvalue weighted by molar-refractivity contribution is 7.88. The van der Waals surface area contributed by atoms with Gasteiger partial charge in [-0.1, -0.05) is 0 Å². The normalized spacial score (nSPS) is 12.5. The van der Waals surface area contributed by atoms with E-state index in [0.29, 0.717) is 25.6 Å². The number of thiazole rings is 1. The maximum Gasteiger partial charge on any atom is 0.208 e. The van der Waals surface area contributed by atoms with Gasteiger partial charge in [-0.2, -0.15) is 0 Å². The summed E-state index contributed by atoms with van der Waals surface area (Å²) in [5.74, 6) is 0.630. The van der Waals surface area contributed by atoms with E-state index in [1.807, 2.05) is 13.8 Å². The van der Waals surface area contributed by atoms with E-state index in [0.717, 1.165) is 17.0 Å². The van der Waals surface area contributed by atoms with Gasteiger partial charge in [0.2, 0.25) is 10.0 Å². The molecule has 0 saturated heterocycles. The fourth-order valence-corrected chi connectivity index (χ4v) is 2.89. The lowest BCUT2D eigenvalue weighted by Gasteiger charge is -2.11. The number of sulfonamides is 1. The molecule has 0 aliphatic carbocycles. The van der Waals surface area contributed by atoms with Gasteiger partial charge in [-0.05, 0) is 13.8 Å². The number of aliphatic imine (C=N–C) groups is 1. The van der Waals surface area contributed by atoms with Crippen LogP contribution in [0.2, 0.25) is 0 Å². The Morgan fingerprint density at radius 2 is 2.00 bits per heavy atom. The molecule has 3 N–H and O–H groups in total. The Bertz CT molecular complexity index is 565. The van der Waals surface area contributed by atoms with E-state index in [1.54, 1.807) is 18.4 Å². The molecular formula is C11H21N5O2S2. The fraction of sp³-hybridized carbons (Fsp3) is 0.636. The Hall–Kier alpha value is -1.19. The van der Waals surface area contributed by atoms with Gasteiger partial charge in [0, 0.05) is 25.0 Å². The number of nitrogens with one attached hydrogen (secondary N) is 3. The zero-order valence-corrected chi connectivity index (χ0v) is 13.8. The average molecular weight is 319 g/mol. The molecule has 0 atom stereocenters. The molecule has 1 rings (SSSR count). The Morgan fingerprint density at radius 3 is 2.50 bits per heavy atom. The summed E-state index contributed by atoms with van der Waals surface area (Å²) in [6.45, 7) is 5.39. The second-order valence-corrected chi connectivity index (χ2v) is 7.38. The third-order valence-electron chi connectivity index (χ3n) is 2.42. The molecule has 0 saturated carbocycles. The van der Waals surface area contributed by atoms with Crippen molar-refractivity contribution in [2.75, 3.05) is 26.4 Å². The van der Waals surface area contributed by atoms with E-state index < -0.39 is 10.0 Å². The molecule has 9 heteroatoms. The quantitative estimate of drug-likeness (QED) is 0.389. The fourth-order valence-electron chi connectivity index (χ4n) is 1.54. The monoisotopic (exact) mass is 319 g/mol. The second-order valence-electron chi connectivity index (χ2n) is 4.26. The molecule has 114 valence electrons. The maximum absolute atomic E-state index is 10.9. The van der Waals surface area contributed by atoms with Gasteiger partial charge in [0.1, 0.15) is 0 Å². The van der Waals surface area contributed by atoms with E-state index in [9.17, 15) is 8.42 Å². The van der Waals surface area contributed by atoms with Gasteiger partial charge < -0.3 is 10.6 Å². The number of aromatic nitrogens is 1. The van der Waals surface area contributed by atoms with E-state index in [-0.39, 0.29) is 0 Å². The Kier molecular flexibility index (Phi) is 6.37. The van der Waals surface area contributed by atoms with E-state index in [2.05, 4.69) is 25.3 Å². The number of aryl methyl sites for hydroxylation is 2. The third-order valence-corrected chi connectivity index (χ3v) is 4.22. The van der Waals surface area contributed by atoms with Gasteiger partial charge in [0.25, 0.3) is 0 Å². The molecule has 0 aliphatic rings. The Morgan fingerprint density at radius 1 is 1.30 bits per heavy atom. The van der Waals surface area contributed by atoms with Crippen molar-refractivity contribution in [3.8, 4) is 0 Å². The van der Waals surface area contributed by atoms with Gasteiger partial charge in [-0.3, -0.25) is 4.99 Å². The molecule has 0 bridgehead atoms. The largest absolute Gasteiger partial charge is 0.355 e. The summed E-state index contributed by atoms with van der Waals surface area (Å²) in [4.78, 5) is 9.60. The predicted octanol–water partition coefficient (Wildman–Crippen LogP) is -0.0259. The van der Waals surface area contributed by atoms with Crippen LogP contribution in [0.15, 0.2) is 4.99 Å². The minimum atomic E-state index is -3.14. The van der Waals surface area contributed by atoms with Crippen molar-refractivity contribution >= 4 is 27.3 Å². The molecule has 1 heterocycles. The summed E-state index contributed by atoms with van der Waals surface area (Å²) >= 11 is 1.65. The molecule has 0 amide bonds. The highest BCUT2D eigenvalue weighted by Crippen LogP contribution is 2.16. The van der Waals surface area contributed by atoms with Gasteiger partial charge in [0.15, 0.2) is 5.96 Å². The van der Waals surface area contributed by atoms with Crippen LogP contribution in [0.5, 0.6) is 0 Å². The van der Waals surface area contributed by atoms with Crippen LogP contribution in [-0.4, -0.2) is 45.8 Å². The highest BCUT2D eigenvalue weighted by atomic mass is 32.2. The zero-order chi connectivity index (χ0) is 15.2. The van der Waals surface area contributed by atoms with Crippen LogP contribution in [0, 0.1) is 13.8 Å². The number of hydrogen-bond acceptors (Lipinski definition) is 5. The lowest BCUT2D eigenvalue weighted by molar-refractivity contribution is 0.586. The topological polar surface area (TPSA) is 95.5 Å². The van der Waals surface area contributed by atoms with Crippen LogP contribution in [0.1, 0.15) is 15.6 Å². The lowest BCUT2D eigenvalue weighted by atomic mass is 10.4. The van der Waals surface area contributed by atoms with Gasteiger partial charge in [-0.15, -0.1) is 11.3 Å². The zero-order valence-electron chi connectivity index (χ0n) is 12.1. The number of guanidine groups is 1. The molecular weight excluding hydrogens is 298 g/mol. The van der Waals surface area contributed by atoms with Crippen LogP contribution in [0.25, 0.3) is 0 Å². The minimum Gasteiger partial charge on any atom is -0.355 e. The molecule has 1 aromatic rings. The van der Waals surface area contributed by atoms with Crippen molar-refractivity contribution in [3.05, 3.63) is 15.6 Å². The molecule has 0 aliphatic heterocycles. The van der Waals surface area contributed by atoms with Gasteiger partial charge in [0.05, 0.1) is 23.5 Å². The van der Waals surface area contributed by atoms with E-state index in [1.165, 1.54) is 4.88 Å². The summed E-state index contributed by atoms with van der Waals surface area (Å²) in [6, 6.07) is 0. The van der Waals surface area contributed by atoms with E-state index in [4.69, 9.17) is 0 Å². The first kappa shape index (κ1) is 16.9. The van der Waals surface area contributed by atoms with Crippen molar-refractivity contribution < 1.29 is 8.42 Å². The maximum atomic E-state index is 10.9. The minimum absolute atomic E-state index is 0.318. The summed E-state index contributed by atoms with van der Waals surface area (Å²) < 4.78 is 24.2. The summed E-state index contributed by atoms with van der Waals surface area (Å²) in [5.41, 5.74) is 1.02. The van der Waals surface area contributed by atoms with Gasteiger partial charge >= 0.3 is 0 Å². The SMILES string of the molecule is CN=C(NCCNS(C)(=O)=O)NCc1sc(C)nc1C. The standard InChI is InChI=1S/C11H21N5O2S2/c1-8-10(19-9(2)16-8)7-14-11(12-3)13-5-6-15-20(4,17)18/h15H,5-7H2,1-4H3,(H2,12,13,14). The molecule has 7 nitrogen and oxygen atoms in total. The molecule has 0 unspecified atom stereocenters. The van der Waals surface area contributed by atoms with Crippen molar-refractivity contribution in [1.29, 1.82) is 0 Å². The van der Waals surface area contributed by atoms with Crippen molar-refractivity contribution in [2.45, 2.75) is 20.4 Å². The first-order chi connectivity index (χ1) is 9.31. The number of rotatable bonds is 6. The Balaban J connectivity index is 2.35. The average Bonchev–Trinajstić information content (AvgIpc) is 2.66. The third kappa shape index (κ3) is 6.31. The van der Waals surface area contributed by atoms with Crippen molar-refractivity contribution in [1.82, 2.24) is 20.3 Å². The van der Waals surface area contributed by atoms with Crippen molar-refractivity contribution in [3.63, 3.8) is 0 Å². The lowest BCUT2D eigenvalue weighted by Crippen LogP contribution is -2.41. The second kappa shape index (κ2) is 7.55. The van der Waals surface area contributed by atoms with E-state index >= 15 is 0 Å². The molecule has 0 aromatic carbocycles. The van der Waals surface area contributed by atoms with Crippen LogP contribution in [-0.2, 0) is 16.6 Å². The number of nitrogens with zero attached hydrogens (tertiary/aromatic N) is 2. The summed E-state index contributed by atoms with van der Waals surface area (Å²) in [5, 5.41) is 7.25. The van der Waals surface area contributed by atoms with Gasteiger partial charge in [-0.25, -0.2) is 18.1 Å². The Labute approximate surface area is 124 Å². The first-order valence-electron chi connectivity index (χ1n) is 6.14. The van der Waals surface area contributed by atoms with Crippen LogP contribution in [0.3, 0.4) is 0 Å². The summed E-state index contributed by atoms with van der Waals surface area (Å²) in [7, 11) is -1.47. The van der Waals surface area contributed by atoms with Crippen LogP contribution < -0.4 is 15.4 Å². The van der Waals surface area contributed by atoms with Crippen LogP contribution in [0.4, 0.5) is 0 Å². The smallest absolute Gasteiger partial charge is 0.208 e. The molecule has 20 heavy (non-hydrogen) atoms. The molecule has 1 aromatic heterocycles. The molecule has 0 spiro atoms. The van der Waals surface area contributed by atoms with Crippen LogP contribution >= 0.6 is 11.3 Å². The van der Waals surface area contributed by atoms with Crippen molar-refractivity contribution in [2.24, 2.45) is 4.99 Å². The molecule has 0 radical (unpaired) electrons. The molecule has 0 fully saturated rings.